The van der Waals surface area contributed by atoms with Gasteiger partial charge in [0.25, 0.3) is 0 Å². The first kappa shape index (κ1) is 16.4. The first-order chi connectivity index (χ1) is 11.7. The summed E-state index contributed by atoms with van der Waals surface area (Å²) in [6.45, 7) is 0.312. The fourth-order valence-electron chi connectivity index (χ4n) is 2.23. The molecule has 0 aliphatic carbocycles. The number of nitrogens with zero attached hydrogens (tertiary/aromatic N) is 2. The molecule has 0 aliphatic rings. The molecule has 0 saturated carbocycles. The number of carbonyl (C=O) groups is 1. The number of aromatic nitrogens is 2. The van der Waals surface area contributed by atoms with Gasteiger partial charge in [-0.15, -0.1) is 0 Å². The molecule has 0 aliphatic heterocycles. The highest BCUT2D eigenvalue weighted by Gasteiger charge is 2.08. The summed E-state index contributed by atoms with van der Waals surface area (Å²) in [4.78, 5) is 20.2. The highest BCUT2D eigenvalue weighted by atomic mass is 79.9. The minimum Gasteiger partial charge on any atom is -0.486 e. The van der Waals surface area contributed by atoms with Crippen LogP contribution in [-0.2, 0) is 22.6 Å². The highest BCUT2D eigenvalue weighted by Crippen LogP contribution is 2.27. The van der Waals surface area contributed by atoms with E-state index in [1.165, 1.54) is 7.11 Å². The van der Waals surface area contributed by atoms with Crippen LogP contribution in [0.15, 0.2) is 53.1 Å². The number of hydrogen-bond donors (Lipinski definition) is 0. The van der Waals surface area contributed by atoms with E-state index in [4.69, 9.17) is 4.74 Å². The maximum atomic E-state index is 11.3. The Morgan fingerprint density at radius 2 is 1.96 bits per heavy atom. The van der Waals surface area contributed by atoms with E-state index in [1.54, 1.807) is 6.20 Å². The number of para-hydroxylation sites is 2. The van der Waals surface area contributed by atoms with Crippen molar-refractivity contribution < 1.29 is 14.3 Å². The van der Waals surface area contributed by atoms with Crippen molar-refractivity contribution >= 4 is 32.9 Å². The van der Waals surface area contributed by atoms with Crippen molar-refractivity contribution in [2.45, 2.75) is 13.0 Å². The Morgan fingerprint density at radius 3 is 2.71 bits per heavy atom. The Kier molecular flexibility index (Phi) is 5.05. The second-order valence-corrected chi connectivity index (χ2v) is 6.01. The summed E-state index contributed by atoms with van der Waals surface area (Å²) in [5, 5.41) is 0. The largest absolute Gasteiger partial charge is 0.486 e. The van der Waals surface area contributed by atoms with Gasteiger partial charge in [-0.25, -0.2) is 4.98 Å². The molecule has 0 unspecified atom stereocenters. The number of rotatable bonds is 5. The molecule has 0 spiro atoms. The van der Waals surface area contributed by atoms with E-state index < -0.39 is 0 Å². The zero-order chi connectivity index (χ0) is 16.9. The van der Waals surface area contributed by atoms with Crippen molar-refractivity contribution in [1.82, 2.24) is 9.97 Å². The predicted octanol–water partition coefficient (Wildman–Crippen LogP) is 3.69. The lowest BCUT2D eigenvalue weighted by molar-refractivity contribution is -0.139. The summed E-state index contributed by atoms with van der Waals surface area (Å²) in [6.07, 6.45) is 1.94. The van der Waals surface area contributed by atoms with E-state index >= 15 is 0 Å². The molecule has 6 heteroatoms. The summed E-state index contributed by atoms with van der Waals surface area (Å²) in [7, 11) is 1.37. The van der Waals surface area contributed by atoms with E-state index in [1.807, 2.05) is 42.5 Å². The van der Waals surface area contributed by atoms with Crippen molar-refractivity contribution in [2.75, 3.05) is 7.11 Å². The van der Waals surface area contributed by atoms with Crippen molar-refractivity contribution in [1.29, 1.82) is 0 Å². The Bertz CT molecular complexity index is 883. The van der Waals surface area contributed by atoms with E-state index in [0.717, 1.165) is 26.8 Å². The predicted molar refractivity (Wildman–Crippen MR) is 93.7 cm³/mol. The van der Waals surface area contributed by atoms with E-state index in [-0.39, 0.29) is 12.4 Å². The van der Waals surface area contributed by atoms with Gasteiger partial charge in [0.1, 0.15) is 12.4 Å². The van der Waals surface area contributed by atoms with Crippen LogP contribution in [-0.4, -0.2) is 23.0 Å². The molecule has 2 aromatic carbocycles. The monoisotopic (exact) mass is 386 g/mol. The average molecular weight is 387 g/mol. The van der Waals surface area contributed by atoms with Gasteiger partial charge in [-0.1, -0.05) is 18.2 Å². The summed E-state index contributed by atoms with van der Waals surface area (Å²) in [5.41, 5.74) is 3.30. The maximum absolute atomic E-state index is 11.3. The highest BCUT2D eigenvalue weighted by molar-refractivity contribution is 9.10. The Hall–Kier alpha value is -2.47. The molecule has 1 aromatic heterocycles. The van der Waals surface area contributed by atoms with Crippen LogP contribution in [0, 0.1) is 0 Å². The molecule has 0 atom stereocenters. The van der Waals surface area contributed by atoms with Crippen molar-refractivity contribution in [3.05, 3.63) is 64.4 Å². The Labute approximate surface area is 147 Å². The number of hydrogen-bond acceptors (Lipinski definition) is 5. The topological polar surface area (TPSA) is 61.3 Å². The smallest absolute Gasteiger partial charge is 0.309 e. The van der Waals surface area contributed by atoms with Gasteiger partial charge in [0.05, 0.1) is 40.9 Å². The summed E-state index contributed by atoms with van der Waals surface area (Å²) in [6, 6.07) is 13.2. The van der Waals surface area contributed by atoms with Crippen molar-refractivity contribution in [2.24, 2.45) is 0 Å². The van der Waals surface area contributed by atoms with Crippen LogP contribution in [0.4, 0.5) is 0 Å². The van der Waals surface area contributed by atoms with Crippen LogP contribution in [0.1, 0.15) is 11.3 Å². The molecule has 0 amide bonds. The molecule has 3 rings (SSSR count). The number of methoxy groups -OCH3 is 1. The lowest BCUT2D eigenvalue weighted by atomic mass is 10.1. The number of ether oxygens (including phenoxy) is 2. The molecular weight excluding hydrogens is 372 g/mol. The fourth-order valence-corrected chi connectivity index (χ4v) is 2.77. The van der Waals surface area contributed by atoms with E-state index in [9.17, 15) is 4.79 Å². The minimum absolute atomic E-state index is 0.228. The third-order valence-corrected chi connectivity index (χ3v) is 4.07. The third kappa shape index (κ3) is 3.89. The van der Waals surface area contributed by atoms with Gasteiger partial charge >= 0.3 is 5.97 Å². The summed E-state index contributed by atoms with van der Waals surface area (Å²) in [5.74, 6) is 0.403. The second kappa shape index (κ2) is 7.40. The van der Waals surface area contributed by atoms with Gasteiger partial charge in [0.15, 0.2) is 0 Å². The van der Waals surface area contributed by atoms with Crippen LogP contribution >= 0.6 is 15.9 Å². The molecule has 122 valence electrons. The zero-order valence-corrected chi connectivity index (χ0v) is 14.6. The van der Waals surface area contributed by atoms with Gasteiger partial charge in [0, 0.05) is 0 Å². The molecule has 0 saturated heterocycles. The Balaban J connectivity index is 1.70. The van der Waals surface area contributed by atoms with Crippen LogP contribution < -0.4 is 4.74 Å². The van der Waals surface area contributed by atoms with Gasteiger partial charge in [0.2, 0.25) is 0 Å². The number of halogens is 1. The molecule has 24 heavy (non-hydrogen) atoms. The van der Waals surface area contributed by atoms with E-state index in [0.29, 0.717) is 12.4 Å². The molecule has 0 radical (unpaired) electrons. The zero-order valence-electron chi connectivity index (χ0n) is 13.0. The van der Waals surface area contributed by atoms with Crippen molar-refractivity contribution in [3.8, 4) is 5.75 Å². The van der Waals surface area contributed by atoms with Gasteiger partial charge in [-0.3, -0.25) is 9.78 Å². The summed E-state index contributed by atoms with van der Waals surface area (Å²) >= 11 is 3.46. The van der Waals surface area contributed by atoms with Crippen LogP contribution in [0.5, 0.6) is 5.75 Å². The number of carbonyl (C=O) groups excluding carboxylic acids is 1. The average Bonchev–Trinajstić information content (AvgIpc) is 2.60. The fraction of sp³-hybridized carbons (Fsp3) is 0.167. The van der Waals surface area contributed by atoms with Crippen LogP contribution in [0.3, 0.4) is 0 Å². The molecular formula is C18H15BrN2O3. The second-order valence-electron chi connectivity index (χ2n) is 5.16. The number of esters is 1. The first-order valence-corrected chi connectivity index (χ1v) is 8.14. The van der Waals surface area contributed by atoms with Gasteiger partial charge in [-0.2, -0.15) is 0 Å². The van der Waals surface area contributed by atoms with Crippen LogP contribution in [0.25, 0.3) is 11.0 Å². The molecule has 0 bridgehead atoms. The number of benzene rings is 2. The third-order valence-electron chi connectivity index (χ3n) is 3.45. The molecule has 3 aromatic rings. The standard InChI is InChI=1S/C18H15BrN2O3/c1-23-18(22)9-12-6-7-17(14(19)8-12)24-11-13-10-20-15-4-2-3-5-16(15)21-13/h2-8,10H,9,11H2,1H3. The normalized spacial score (nSPS) is 10.6. The molecule has 5 nitrogen and oxygen atoms in total. The lowest BCUT2D eigenvalue weighted by Crippen LogP contribution is -2.05. The molecule has 0 fully saturated rings. The quantitative estimate of drug-likeness (QED) is 0.625. The van der Waals surface area contributed by atoms with Gasteiger partial charge < -0.3 is 9.47 Å². The first-order valence-electron chi connectivity index (χ1n) is 7.34. The lowest BCUT2D eigenvalue weighted by Gasteiger charge is -2.09. The van der Waals surface area contributed by atoms with Crippen LogP contribution in [0.2, 0.25) is 0 Å². The molecule has 0 N–H and O–H groups in total. The van der Waals surface area contributed by atoms with E-state index in [2.05, 4.69) is 30.6 Å². The van der Waals surface area contributed by atoms with Crippen molar-refractivity contribution in [3.63, 3.8) is 0 Å². The summed E-state index contributed by atoms with van der Waals surface area (Å²) < 4.78 is 11.2. The molecule has 1 heterocycles. The number of fused-ring (bicyclic) bond motifs is 1. The van der Waals surface area contributed by atoms with Gasteiger partial charge in [-0.05, 0) is 45.8 Å². The Morgan fingerprint density at radius 1 is 1.17 bits per heavy atom. The minimum atomic E-state index is -0.276. The maximum Gasteiger partial charge on any atom is 0.309 e. The SMILES string of the molecule is COC(=O)Cc1ccc(OCc2cnc3ccccc3n2)c(Br)c1.